The summed E-state index contributed by atoms with van der Waals surface area (Å²) in [6.07, 6.45) is 5.69. The molecule has 5 heteroatoms. The van der Waals surface area contributed by atoms with Crippen LogP contribution in [-0.4, -0.2) is 21.5 Å². The van der Waals surface area contributed by atoms with Gasteiger partial charge < -0.3 is 14.9 Å². The number of nitrogens with zero attached hydrogens (tertiary/aromatic N) is 3. The lowest BCUT2D eigenvalue weighted by molar-refractivity contribution is 0.412. The molecule has 2 N–H and O–H groups in total. The topological polar surface area (TPSA) is 65.4 Å². The Hall–Kier alpha value is -3.34. The Labute approximate surface area is 139 Å². The van der Waals surface area contributed by atoms with Crippen LogP contribution in [0.3, 0.4) is 0 Å². The van der Waals surface area contributed by atoms with Crippen molar-refractivity contribution >= 4 is 11.5 Å². The second-order valence-electron chi connectivity index (χ2n) is 5.51. The summed E-state index contributed by atoms with van der Waals surface area (Å²) in [5.41, 5.74) is 10.6. The minimum Gasteiger partial charge on any atom is -0.495 e. The van der Waals surface area contributed by atoms with Gasteiger partial charge in [0.2, 0.25) is 0 Å². The molecule has 0 unspecified atom stereocenters. The van der Waals surface area contributed by atoms with Crippen molar-refractivity contribution in [2.45, 2.75) is 0 Å². The lowest BCUT2D eigenvalue weighted by Crippen LogP contribution is -1.88. The van der Waals surface area contributed by atoms with Gasteiger partial charge in [-0.2, -0.15) is 0 Å². The van der Waals surface area contributed by atoms with E-state index in [0.29, 0.717) is 5.82 Å². The fourth-order valence-electron chi connectivity index (χ4n) is 2.64. The molecule has 24 heavy (non-hydrogen) atoms. The van der Waals surface area contributed by atoms with E-state index in [-0.39, 0.29) is 0 Å². The van der Waals surface area contributed by atoms with Gasteiger partial charge in [0.1, 0.15) is 17.2 Å². The molecule has 3 heterocycles. The van der Waals surface area contributed by atoms with Crippen LogP contribution in [0.15, 0.2) is 67.1 Å². The molecule has 0 spiro atoms. The summed E-state index contributed by atoms with van der Waals surface area (Å²) in [6, 6.07) is 15.9. The Morgan fingerprint density at radius 2 is 1.62 bits per heavy atom. The molecule has 1 aromatic carbocycles. The van der Waals surface area contributed by atoms with E-state index in [9.17, 15) is 0 Å². The number of anilines is 1. The van der Waals surface area contributed by atoms with Crippen molar-refractivity contribution in [2.24, 2.45) is 0 Å². The van der Waals surface area contributed by atoms with Crippen molar-refractivity contribution in [3.8, 4) is 28.1 Å². The largest absolute Gasteiger partial charge is 0.495 e. The number of imidazole rings is 1. The Bertz CT molecular complexity index is 988. The van der Waals surface area contributed by atoms with Gasteiger partial charge in [-0.25, -0.2) is 9.97 Å². The Morgan fingerprint density at radius 1 is 0.875 bits per heavy atom. The summed E-state index contributed by atoms with van der Waals surface area (Å²) < 4.78 is 7.21. The average molecular weight is 316 g/mol. The van der Waals surface area contributed by atoms with Crippen LogP contribution >= 0.6 is 0 Å². The van der Waals surface area contributed by atoms with E-state index in [1.807, 2.05) is 35.0 Å². The summed E-state index contributed by atoms with van der Waals surface area (Å²) >= 11 is 0. The third-order valence-corrected chi connectivity index (χ3v) is 3.96. The number of hydrogen-bond donors (Lipinski definition) is 1. The van der Waals surface area contributed by atoms with E-state index < -0.39 is 0 Å². The second kappa shape index (κ2) is 5.70. The first-order valence-electron chi connectivity index (χ1n) is 7.58. The normalized spacial score (nSPS) is 10.9. The predicted octanol–water partition coefficient (Wildman–Crippen LogP) is 3.65. The van der Waals surface area contributed by atoms with Gasteiger partial charge in [0.15, 0.2) is 0 Å². The molecule has 5 nitrogen and oxygen atoms in total. The van der Waals surface area contributed by atoms with Gasteiger partial charge in [-0.15, -0.1) is 0 Å². The zero-order valence-electron chi connectivity index (χ0n) is 13.2. The lowest BCUT2D eigenvalue weighted by atomic mass is 10.0. The summed E-state index contributed by atoms with van der Waals surface area (Å²) in [7, 11) is 1.66. The number of aromatic nitrogens is 3. The molecule has 3 aromatic heterocycles. The molecule has 4 aromatic rings. The highest BCUT2D eigenvalue weighted by Crippen LogP contribution is 2.25. The third-order valence-electron chi connectivity index (χ3n) is 3.96. The predicted molar refractivity (Wildman–Crippen MR) is 94.8 cm³/mol. The van der Waals surface area contributed by atoms with Crippen molar-refractivity contribution in [3.63, 3.8) is 0 Å². The molecule has 0 bridgehead atoms. The number of nitrogen functional groups attached to an aromatic ring is 1. The maximum atomic E-state index is 5.63. The van der Waals surface area contributed by atoms with Gasteiger partial charge in [-0.1, -0.05) is 24.3 Å². The van der Waals surface area contributed by atoms with Crippen LogP contribution < -0.4 is 10.5 Å². The summed E-state index contributed by atoms with van der Waals surface area (Å²) in [4.78, 5) is 8.78. The number of methoxy groups -OCH3 is 1. The molecule has 4 rings (SSSR count). The van der Waals surface area contributed by atoms with E-state index in [0.717, 1.165) is 33.8 Å². The number of benzene rings is 1. The first-order valence-corrected chi connectivity index (χ1v) is 7.58. The highest BCUT2D eigenvalue weighted by Gasteiger charge is 2.06. The van der Waals surface area contributed by atoms with Crippen LogP contribution in [0, 0.1) is 0 Å². The average Bonchev–Trinajstić information content (AvgIpc) is 3.05. The highest BCUT2D eigenvalue weighted by atomic mass is 16.5. The SMILES string of the molecule is COc1ccc2nc(-c3ccc(-c4ccc(N)nc4)cc3)cn2c1. The molecule has 0 saturated carbocycles. The minimum absolute atomic E-state index is 0.524. The number of ether oxygens (including phenoxy) is 1. The first-order chi connectivity index (χ1) is 11.7. The Balaban J connectivity index is 1.68. The first kappa shape index (κ1) is 14.3. The van der Waals surface area contributed by atoms with Gasteiger partial charge in [-0.3, -0.25) is 0 Å². The Morgan fingerprint density at radius 3 is 2.33 bits per heavy atom. The monoisotopic (exact) mass is 316 g/mol. The number of hydrogen-bond acceptors (Lipinski definition) is 4. The number of nitrogens with two attached hydrogens (primary N) is 1. The zero-order valence-corrected chi connectivity index (χ0v) is 13.2. The molecule has 0 atom stereocenters. The molecule has 0 aliphatic rings. The zero-order chi connectivity index (χ0) is 16.5. The molecule has 0 fully saturated rings. The maximum Gasteiger partial charge on any atom is 0.137 e. The summed E-state index contributed by atoms with van der Waals surface area (Å²) in [6.45, 7) is 0. The van der Waals surface area contributed by atoms with Gasteiger partial charge in [0.25, 0.3) is 0 Å². The molecular weight excluding hydrogens is 300 g/mol. The van der Waals surface area contributed by atoms with Crippen molar-refractivity contribution in [2.75, 3.05) is 12.8 Å². The number of rotatable bonds is 3. The van der Waals surface area contributed by atoms with Gasteiger partial charge in [0.05, 0.1) is 19.0 Å². The molecule has 0 amide bonds. The van der Waals surface area contributed by atoms with Crippen molar-refractivity contribution in [1.82, 2.24) is 14.4 Å². The van der Waals surface area contributed by atoms with Crippen molar-refractivity contribution < 1.29 is 4.74 Å². The lowest BCUT2D eigenvalue weighted by Gasteiger charge is -2.03. The van der Waals surface area contributed by atoms with E-state index in [4.69, 9.17) is 10.5 Å². The molecular formula is C19H16N4O. The van der Waals surface area contributed by atoms with Crippen molar-refractivity contribution in [1.29, 1.82) is 0 Å². The van der Waals surface area contributed by atoms with Crippen LogP contribution in [0.4, 0.5) is 5.82 Å². The number of fused-ring (bicyclic) bond motifs is 1. The van der Waals surface area contributed by atoms with E-state index in [1.165, 1.54) is 0 Å². The summed E-state index contributed by atoms with van der Waals surface area (Å²) in [5, 5.41) is 0. The van der Waals surface area contributed by atoms with Gasteiger partial charge >= 0.3 is 0 Å². The third kappa shape index (κ3) is 2.56. The van der Waals surface area contributed by atoms with Crippen molar-refractivity contribution in [3.05, 3.63) is 67.1 Å². The number of pyridine rings is 2. The van der Waals surface area contributed by atoms with E-state index >= 15 is 0 Å². The van der Waals surface area contributed by atoms with Crippen LogP contribution in [-0.2, 0) is 0 Å². The van der Waals surface area contributed by atoms with Gasteiger partial charge in [-0.05, 0) is 29.8 Å². The standard InChI is InChI=1S/C19H16N4O/c1-24-16-7-9-19-22-17(12-23(19)11-16)14-4-2-13(3-5-14)15-6-8-18(20)21-10-15/h2-12H,1H3,(H2,20,21). The van der Waals surface area contributed by atoms with Crippen LogP contribution in [0.1, 0.15) is 0 Å². The summed E-state index contributed by atoms with van der Waals surface area (Å²) in [5.74, 6) is 1.33. The quantitative estimate of drug-likeness (QED) is 0.626. The van der Waals surface area contributed by atoms with Crippen LogP contribution in [0.5, 0.6) is 5.75 Å². The van der Waals surface area contributed by atoms with Crippen LogP contribution in [0.2, 0.25) is 0 Å². The molecule has 0 aliphatic carbocycles. The molecule has 0 saturated heterocycles. The van der Waals surface area contributed by atoms with E-state index in [2.05, 4.69) is 34.2 Å². The molecule has 0 radical (unpaired) electrons. The molecule has 0 aliphatic heterocycles. The smallest absolute Gasteiger partial charge is 0.137 e. The van der Waals surface area contributed by atoms with E-state index in [1.54, 1.807) is 19.4 Å². The van der Waals surface area contributed by atoms with Crippen LogP contribution in [0.25, 0.3) is 28.0 Å². The fourth-order valence-corrected chi connectivity index (χ4v) is 2.64. The maximum absolute atomic E-state index is 5.63. The van der Waals surface area contributed by atoms with Gasteiger partial charge in [0, 0.05) is 23.5 Å². The molecule has 118 valence electrons. The highest BCUT2D eigenvalue weighted by molar-refractivity contribution is 5.69. The minimum atomic E-state index is 0.524. The second-order valence-corrected chi connectivity index (χ2v) is 5.51. The fraction of sp³-hybridized carbons (Fsp3) is 0.0526. The Kier molecular flexibility index (Phi) is 3.39.